The molecule has 152 valence electrons. The lowest BCUT2D eigenvalue weighted by Crippen LogP contribution is -2.17. The third kappa shape index (κ3) is 4.91. The number of nitrogens with zero attached hydrogens (tertiary/aromatic N) is 2. The van der Waals surface area contributed by atoms with E-state index in [-0.39, 0.29) is 29.0 Å². The first-order valence-electron chi connectivity index (χ1n) is 8.56. The Morgan fingerprint density at radius 3 is 2.45 bits per heavy atom. The quantitative estimate of drug-likeness (QED) is 0.594. The van der Waals surface area contributed by atoms with Crippen LogP contribution in [-0.2, 0) is 14.6 Å². The first kappa shape index (κ1) is 20.3. The van der Waals surface area contributed by atoms with Gasteiger partial charge in [0.1, 0.15) is 0 Å². The number of methoxy groups -OCH3 is 2. The molecule has 10 heteroatoms. The summed E-state index contributed by atoms with van der Waals surface area (Å²) >= 11 is 0. The van der Waals surface area contributed by atoms with Gasteiger partial charge in [-0.15, -0.1) is 5.10 Å². The largest absolute Gasteiger partial charge is 0.493 e. The molecule has 9 nitrogen and oxygen atoms in total. The van der Waals surface area contributed by atoms with Crippen LogP contribution in [0.1, 0.15) is 6.42 Å². The van der Waals surface area contributed by atoms with E-state index >= 15 is 0 Å². The van der Waals surface area contributed by atoms with Gasteiger partial charge in [-0.2, -0.15) is 0 Å². The lowest BCUT2D eigenvalue weighted by molar-refractivity contribution is -0.115. The van der Waals surface area contributed by atoms with Crippen LogP contribution in [0.25, 0.3) is 11.5 Å². The number of sulfone groups is 1. The molecule has 1 heterocycles. The van der Waals surface area contributed by atoms with E-state index in [9.17, 15) is 13.2 Å². The summed E-state index contributed by atoms with van der Waals surface area (Å²) in [6, 6.07) is 12.9. The first-order valence-corrected chi connectivity index (χ1v) is 10.2. The minimum absolute atomic E-state index is 0.128. The molecule has 3 aromatic rings. The highest BCUT2D eigenvalue weighted by molar-refractivity contribution is 7.91. The number of nitrogens with one attached hydrogen (secondary N) is 1. The van der Waals surface area contributed by atoms with Crippen molar-refractivity contribution in [1.82, 2.24) is 10.2 Å². The van der Waals surface area contributed by atoms with E-state index in [1.807, 2.05) is 0 Å². The predicted molar refractivity (Wildman–Crippen MR) is 105 cm³/mol. The Balaban J connectivity index is 1.63. The number of amides is 1. The van der Waals surface area contributed by atoms with Crippen molar-refractivity contribution in [3.8, 4) is 23.0 Å². The molecule has 0 unspecified atom stereocenters. The van der Waals surface area contributed by atoms with Crippen molar-refractivity contribution >= 4 is 21.8 Å². The number of benzene rings is 2. The number of rotatable bonds is 8. The lowest BCUT2D eigenvalue weighted by Gasteiger charge is -2.07. The van der Waals surface area contributed by atoms with Crippen LogP contribution in [0.4, 0.5) is 6.01 Å². The summed E-state index contributed by atoms with van der Waals surface area (Å²) in [5.74, 6) is 0.313. The molecule has 0 aliphatic heterocycles. The van der Waals surface area contributed by atoms with Crippen LogP contribution in [0.3, 0.4) is 0 Å². The minimum atomic E-state index is -3.55. The summed E-state index contributed by atoms with van der Waals surface area (Å²) in [5, 5.41) is 10.1. The van der Waals surface area contributed by atoms with Gasteiger partial charge in [-0.25, -0.2) is 8.42 Å². The van der Waals surface area contributed by atoms with Crippen molar-refractivity contribution in [1.29, 1.82) is 0 Å². The van der Waals surface area contributed by atoms with Crippen molar-refractivity contribution in [3.05, 3.63) is 48.5 Å². The summed E-state index contributed by atoms with van der Waals surface area (Å²) in [7, 11) is -0.525. The summed E-state index contributed by atoms with van der Waals surface area (Å²) in [6.07, 6.45) is -0.245. The van der Waals surface area contributed by atoms with Gasteiger partial charge in [-0.3, -0.25) is 10.1 Å². The van der Waals surface area contributed by atoms with Gasteiger partial charge in [0.15, 0.2) is 21.3 Å². The number of hydrogen-bond donors (Lipinski definition) is 1. The molecule has 0 radical (unpaired) electrons. The Morgan fingerprint density at radius 2 is 1.76 bits per heavy atom. The highest BCUT2D eigenvalue weighted by Gasteiger charge is 2.18. The molecule has 0 saturated heterocycles. The van der Waals surface area contributed by atoms with Crippen LogP contribution < -0.4 is 14.8 Å². The van der Waals surface area contributed by atoms with Gasteiger partial charge in [0.25, 0.3) is 0 Å². The van der Waals surface area contributed by atoms with Crippen LogP contribution in [-0.4, -0.2) is 44.5 Å². The van der Waals surface area contributed by atoms with Crippen molar-refractivity contribution < 1.29 is 27.1 Å². The monoisotopic (exact) mass is 417 g/mol. The van der Waals surface area contributed by atoms with E-state index in [0.29, 0.717) is 17.1 Å². The Morgan fingerprint density at radius 1 is 1.03 bits per heavy atom. The summed E-state index contributed by atoms with van der Waals surface area (Å²) in [6.45, 7) is 0. The van der Waals surface area contributed by atoms with E-state index in [0.717, 1.165) is 0 Å². The highest BCUT2D eigenvalue weighted by Crippen LogP contribution is 2.32. The molecule has 0 spiro atoms. The number of carbonyl (C=O) groups is 1. The first-order chi connectivity index (χ1) is 13.9. The smallest absolute Gasteiger partial charge is 0.322 e. The van der Waals surface area contributed by atoms with Gasteiger partial charge in [0.05, 0.1) is 24.9 Å². The minimum Gasteiger partial charge on any atom is -0.493 e. The fraction of sp³-hybridized carbons (Fsp3) is 0.211. The zero-order valence-corrected chi connectivity index (χ0v) is 16.6. The SMILES string of the molecule is COc1ccc(-c2nnc(NC(=O)CCS(=O)(=O)c3ccccc3)o2)cc1OC. The second-order valence-electron chi connectivity index (χ2n) is 5.91. The van der Waals surface area contributed by atoms with E-state index < -0.39 is 15.7 Å². The molecular weight excluding hydrogens is 398 g/mol. The molecule has 3 rings (SSSR count). The molecule has 0 saturated carbocycles. The van der Waals surface area contributed by atoms with Crippen molar-refractivity contribution in [2.45, 2.75) is 11.3 Å². The number of ether oxygens (including phenoxy) is 2. The fourth-order valence-corrected chi connectivity index (χ4v) is 3.78. The second kappa shape index (κ2) is 8.74. The van der Waals surface area contributed by atoms with Gasteiger partial charge in [0, 0.05) is 12.0 Å². The summed E-state index contributed by atoms with van der Waals surface area (Å²) in [4.78, 5) is 12.2. The van der Waals surface area contributed by atoms with Crippen LogP contribution in [0.2, 0.25) is 0 Å². The Kier molecular flexibility index (Phi) is 6.13. The van der Waals surface area contributed by atoms with Gasteiger partial charge in [0.2, 0.25) is 11.8 Å². The van der Waals surface area contributed by atoms with Crippen LogP contribution in [0.15, 0.2) is 57.8 Å². The van der Waals surface area contributed by atoms with Gasteiger partial charge >= 0.3 is 6.01 Å². The number of carbonyl (C=O) groups excluding carboxylic acids is 1. The van der Waals surface area contributed by atoms with E-state index in [1.54, 1.807) is 36.4 Å². The van der Waals surface area contributed by atoms with Crippen molar-refractivity contribution in [2.75, 3.05) is 25.3 Å². The summed E-state index contributed by atoms with van der Waals surface area (Å²) < 4.78 is 40.3. The fourth-order valence-electron chi connectivity index (χ4n) is 2.51. The molecule has 0 fully saturated rings. The zero-order chi connectivity index (χ0) is 20.9. The van der Waals surface area contributed by atoms with Crippen LogP contribution in [0, 0.1) is 0 Å². The maximum absolute atomic E-state index is 12.2. The Hall–Kier alpha value is -3.40. The van der Waals surface area contributed by atoms with E-state index in [2.05, 4.69) is 15.5 Å². The average molecular weight is 417 g/mol. The van der Waals surface area contributed by atoms with Crippen LogP contribution in [0.5, 0.6) is 11.5 Å². The molecule has 29 heavy (non-hydrogen) atoms. The molecule has 1 N–H and O–H groups in total. The average Bonchev–Trinajstić information content (AvgIpc) is 3.21. The molecule has 2 aromatic carbocycles. The Labute approximate surface area is 167 Å². The molecule has 1 aromatic heterocycles. The molecular formula is C19H19N3O6S. The van der Waals surface area contributed by atoms with E-state index in [1.165, 1.54) is 26.4 Å². The van der Waals surface area contributed by atoms with Gasteiger partial charge in [-0.05, 0) is 30.3 Å². The highest BCUT2D eigenvalue weighted by atomic mass is 32.2. The summed E-state index contributed by atoms with van der Waals surface area (Å²) in [5.41, 5.74) is 0.572. The molecule has 0 atom stereocenters. The second-order valence-corrected chi connectivity index (χ2v) is 8.02. The third-order valence-electron chi connectivity index (χ3n) is 4.00. The Bertz CT molecular complexity index is 1100. The topological polar surface area (TPSA) is 121 Å². The van der Waals surface area contributed by atoms with Gasteiger partial charge < -0.3 is 13.9 Å². The standard InChI is InChI=1S/C19H19N3O6S/c1-26-15-9-8-13(12-16(15)27-2)18-21-22-19(28-18)20-17(23)10-11-29(24,25)14-6-4-3-5-7-14/h3-9,12H,10-11H2,1-2H3,(H,20,22,23). The lowest BCUT2D eigenvalue weighted by atomic mass is 10.2. The maximum Gasteiger partial charge on any atom is 0.322 e. The number of aromatic nitrogens is 2. The predicted octanol–water partition coefficient (Wildman–Crippen LogP) is 2.56. The van der Waals surface area contributed by atoms with Crippen LogP contribution >= 0.6 is 0 Å². The maximum atomic E-state index is 12.2. The zero-order valence-electron chi connectivity index (χ0n) is 15.8. The van der Waals surface area contributed by atoms with Gasteiger partial charge in [-0.1, -0.05) is 23.3 Å². The third-order valence-corrected chi connectivity index (χ3v) is 5.73. The molecule has 0 aliphatic carbocycles. The van der Waals surface area contributed by atoms with E-state index in [4.69, 9.17) is 13.9 Å². The number of hydrogen-bond acceptors (Lipinski definition) is 8. The molecule has 0 aliphatic rings. The number of anilines is 1. The molecule has 0 bridgehead atoms. The van der Waals surface area contributed by atoms with Crippen molar-refractivity contribution in [3.63, 3.8) is 0 Å². The van der Waals surface area contributed by atoms with Crippen molar-refractivity contribution in [2.24, 2.45) is 0 Å². The molecule has 1 amide bonds. The normalized spacial score (nSPS) is 11.1.